The molecule has 0 bridgehead atoms. The number of methoxy groups -OCH3 is 1. The maximum atomic E-state index is 13.9. The summed E-state index contributed by atoms with van der Waals surface area (Å²) in [5.41, 5.74) is -2.60. The van der Waals surface area contributed by atoms with Gasteiger partial charge in [-0.15, -0.1) is 0 Å². The lowest BCUT2D eigenvalue weighted by Gasteiger charge is -2.61. The number of ether oxygens (including phenoxy) is 3. The average molecular weight is 586 g/mol. The van der Waals surface area contributed by atoms with Crippen molar-refractivity contribution in [3.05, 3.63) is 29.3 Å². The van der Waals surface area contributed by atoms with E-state index in [4.69, 9.17) is 14.2 Å². The van der Waals surface area contributed by atoms with E-state index in [0.29, 0.717) is 29.9 Å². The normalized spacial score (nSPS) is 29.5. The molecule has 4 amide bonds. The zero-order valence-corrected chi connectivity index (χ0v) is 26.0. The average Bonchev–Trinajstić information content (AvgIpc) is 3.09. The van der Waals surface area contributed by atoms with Gasteiger partial charge < -0.3 is 24.8 Å². The van der Waals surface area contributed by atoms with Gasteiger partial charge in [0.15, 0.2) is 17.4 Å². The monoisotopic (exact) mass is 585 g/mol. The molecule has 5 unspecified atom stereocenters. The van der Waals surface area contributed by atoms with Crippen molar-refractivity contribution in [3.63, 3.8) is 0 Å². The predicted molar refractivity (Wildman–Crippen MR) is 153 cm³/mol. The third-order valence-electron chi connectivity index (χ3n) is 8.88. The molecule has 1 aromatic rings. The number of cyclic esters (lactones) is 1. The number of benzene rings is 1. The molecule has 230 valence electrons. The molecule has 1 aliphatic carbocycles. The summed E-state index contributed by atoms with van der Waals surface area (Å²) in [6.07, 6.45) is 0.161. The summed E-state index contributed by atoms with van der Waals surface area (Å²) in [5.74, 6) is -1.83. The van der Waals surface area contributed by atoms with Gasteiger partial charge in [-0.25, -0.2) is 9.69 Å². The number of ketones is 1. The third-order valence-corrected chi connectivity index (χ3v) is 8.88. The van der Waals surface area contributed by atoms with Crippen LogP contribution in [-0.4, -0.2) is 76.5 Å². The van der Waals surface area contributed by atoms with Crippen LogP contribution in [0, 0.1) is 19.3 Å². The molecule has 0 radical (unpaired) electrons. The van der Waals surface area contributed by atoms with E-state index < -0.39 is 64.0 Å². The number of Topliss-reactive ketones (excluding diaryl/α,β-unsaturated/α-hetero) is 1. The molecule has 42 heavy (non-hydrogen) atoms. The first-order valence-electron chi connectivity index (χ1n) is 14.5. The smallest absolute Gasteiger partial charge is 0.418 e. The molecule has 2 aliphatic heterocycles. The van der Waals surface area contributed by atoms with Gasteiger partial charge >= 0.3 is 6.09 Å². The van der Waals surface area contributed by atoms with Crippen molar-refractivity contribution in [1.29, 1.82) is 0 Å². The van der Waals surface area contributed by atoms with Crippen LogP contribution in [0.15, 0.2) is 18.2 Å². The lowest BCUT2D eigenvalue weighted by molar-refractivity contribution is -0.180. The molecular weight excluding hydrogens is 542 g/mol. The van der Waals surface area contributed by atoms with E-state index in [-0.39, 0.29) is 12.3 Å². The maximum Gasteiger partial charge on any atom is 0.418 e. The van der Waals surface area contributed by atoms with E-state index in [9.17, 15) is 24.0 Å². The first-order chi connectivity index (χ1) is 19.4. The summed E-state index contributed by atoms with van der Waals surface area (Å²) < 4.78 is 17.5. The van der Waals surface area contributed by atoms with Crippen molar-refractivity contribution in [2.45, 2.75) is 116 Å². The Kier molecular flexibility index (Phi) is 7.99. The van der Waals surface area contributed by atoms with Gasteiger partial charge in [0, 0.05) is 12.5 Å². The molecule has 4 rings (SSSR count). The first kappa shape index (κ1) is 31.5. The molecule has 5 atom stereocenters. The second kappa shape index (κ2) is 10.7. The molecule has 1 spiro atoms. The highest BCUT2D eigenvalue weighted by Crippen LogP contribution is 2.49. The van der Waals surface area contributed by atoms with Crippen molar-refractivity contribution in [2.24, 2.45) is 5.41 Å². The van der Waals surface area contributed by atoms with Gasteiger partial charge in [0.2, 0.25) is 5.60 Å². The molecule has 1 saturated carbocycles. The molecule has 11 heteroatoms. The fourth-order valence-corrected chi connectivity index (χ4v) is 6.43. The van der Waals surface area contributed by atoms with Crippen LogP contribution < -0.4 is 15.4 Å². The Morgan fingerprint density at radius 3 is 2.36 bits per heavy atom. The summed E-state index contributed by atoms with van der Waals surface area (Å²) in [4.78, 5) is 67.3. The predicted octanol–water partition coefficient (Wildman–Crippen LogP) is 3.12. The van der Waals surface area contributed by atoms with E-state index in [1.165, 1.54) is 21.0 Å². The second-order valence-corrected chi connectivity index (χ2v) is 13.3. The molecule has 0 aromatic heterocycles. The SMILES string of the molecule is CCC1(Oc2ccc(C)cc2C)C(=O)NC12CCC(OC)C(NC(=O)C(C(=O)C(C)(C)C)N1C(=O)OC(C)(C)C1=O)C2. The minimum Gasteiger partial charge on any atom is -0.475 e. The molecule has 11 nitrogen and oxygen atoms in total. The lowest BCUT2D eigenvalue weighted by atomic mass is 9.60. The van der Waals surface area contributed by atoms with E-state index in [2.05, 4.69) is 10.6 Å². The molecule has 2 heterocycles. The number of hydrogen-bond donors (Lipinski definition) is 2. The van der Waals surface area contributed by atoms with Gasteiger partial charge in [-0.2, -0.15) is 0 Å². The number of carbonyl (C=O) groups excluding carboxylic acids is 5. The second-order valence-electron chi connectivity index (χ2n) is 13.3. The summed E-state index contributed by atoms with van der Waals surface area (Å²) >= 11 is 0. The van der Waals surface area contributed by atoms with Gasteiger partial charge in [-0.05, 0) is 65.0 Å². The Hall–Kier alpha value is -3.47. The number of β-lactam (4-membered cyclic amide) rings is 1. The highest BCUT2D eigenvalue weighted by molar-refractivity contribution is 6.16. The Morgan fingerprint density at radius 2 is 1.86 bits per heavy atom. The zero-order chi connectivity index (χ0) is 31.4. The number of aryl methyl sites for hydroxylation is 2. The molecule has 1 aromatic carbocycles. The van der Waals surface area contributed by atoms with Crippen molar-refractivity contribution in [1.82, 2.24) is 15.5 Å². The summed E-state index contributed by atoms with van der Waals surface area (Å²) in [5, 5.41) is 5.99. The first-order valence-corrected chi connectivity index (χ1v) is 14.5. The van der Waals surface area contributed by atoms with Crippen molar-refractivity contribution >= 4 is 29.6 Å². The van der Waals surface area contributed by atoms with Gasteiger partial charge in [-0.3, -0.25) is 19.2 Å². The summed E-state index contributed by atoms with van der Waals surface area (Å²) in [6, 6.07) is 3.38. The van der Waals surface area contributed by atoms with Crippen LogP contribution in [-0.2, 0) is 28.7 Å². The number of hydrogen-bond acceptors (Lipinski definition) is 8. The summed E-state index contributed by atoms with van der Waals surface area (Å²) in [7, 11) is 1.53. The van der Waals surface area contributed by atoms with E-state index in [1.54, 1.807) is 20.8 Å². The van der Waals surface area contributed by atoms with E-state index >= 15 is 0 Å². The molecular formula is C31H43N3O8. The molecule has 3 fully saturated rings. The number of imide groups is 1. The Balaban J connectivity index is 1.66. The number of carbonyl (C=O) groups is 5. The van der Waals surface area contributed by atoms with Gasteiger partial charge in [0.1, 0.15) is 5.75 Å². The standard InChI is InChI=1S/C31H43N3O8/c1-10-31(41-20-12-11-17(2)15-18(20)3)25(37)33-30(31)14-13-21(40-9)19(16-30)32-24(36)22(23(35)28(4,5)6)34-26(38)29(7,8)42-27(34)39/h11-12,15,19,21-22H,10,13-14,16H2,1-9H3,(H,32,36)(H,33,37). The van der Waals surface area contributed by atoms with Crippen molar-refractivity contribution in [3.8, 4) is 5.75 Å². The van der Waals surface area contributed by atoms with E-state index in [1.807, 2.05) is 39.0 Å². The van der Waals surface area contributed by atoms with E-state index in [0.717, 1.165) is 11.1 Å². The highest BCUT2D eigenvalue weighted by Gasteiger charge is 2.69. The molecule has 2 N–H and O–H groups in total. The van der Waals surface area contributed by atoms with Crippen LogP contribution in [0.25, 0.3) is 0 Å². The minimum absolute atomic E-state index is 0.237. The van der Waals surface area contributed by atoms with Gasteiger partial charge in [0.25, 0.3) is 17.7 Å². The van der Waals surface area contributed by atoms with Crippen molar-refractivity contribution < 1.29 is 38.2 Å². The summed E-state index contributed by atoms with van der Waals surface area (Å²) in [6.45, 7) is 13.5. The number of nitrogens with zero attached hydrogens (tertiary/aromatic N) is 1. The Morgan fingerprint density at radius 1 is 1.19 bits per heavy atom. The Labute approximate surface area is 247 Å². The third kappa shape index (κ3) is 5.05. The van der Waals surface area contributed by atoms with Crippen molar-refractivity contribution in [2.75, 3.05) is 7.11 Å². The van der Waals surface area contributed by atoms with Gasteiger partial charge in [-0.1, -0.05) is 45.4 Å². The van der Waals surface area contributed by atoms with Gasteiger partial charge in [0.05, 0.1) is 17.7 Å². The lowest BCUT2D eigenvalue weighted by Crippen LogP contribution is -2.85. The Bertz CT molecular complexity index is 1320. The number of rotatable bonds is 8. The fraction of sp³-hybridized carbons (Fsp3) is 0.645. The largest absolute Gasteiger partial charge is 0.475 e. The van der Waals surface area contributed by atoms with Crippen LogP contribution in [0.4, 0.5) is 4.79 Å². The number of amides is 4. The van der Waals surface area contributed by atoms with Crippen LogP contribution in [0.5, 0.6) is 5.75 Å². The van der Waals surface area contributed by atoms with Crippen LogP contribution in [0.3, 0.4) is 0 Å². The topological polar surface area (TPSA) is 140 Å². The molecule has 2 saturated heterocycles. The quantitative estimate of drug-likeness (QED) is 0.350. The maximum absolute atomic E-state index is 13.9. The molecule has 3 aliphatic rings. The minimum atomic E-state index is -1.74. The van der Waals surface area contributed by atoms with Crippen LogP contribution in [0.2, 0.25) is 0 Å². The zero-order valence-electron chi connectivity index (χ0n) is 26.0. The number of nitrogens with one attached hydrogen (secondary N) is 2. The fourth-order valence-electron chi connectivity index (χ4n) is 6.43. The van der Waals surface area contributed by atoms with Crippen LogP contribution >= 0.6 is 0 Å². The highest BCUT2D eigenvalue weighted by atomic mass is 16.6. The van der Waals surface area contributed by atoms with Crippen LogP contribution in [0.1, 0.15) is 78.4 Å².